The van der Waals surface area contributed by atoms with E-state index in [-0.39, 0.29) is 23.4 Å². The third kappa shape index (κ3) is 7.83. The Balaban J connectivity index is 1.65. The van der Waals surface area contributed by atoms with Gasteiger partial charge in [-0.1, -0.05) is 67.3 Å². The summed E-state index contributed by atoms with van der Waals surface area (Å²) in [7, 11) is -4.16. The smallest absolute Gasteiger partial charge is 0.264 e. The predicted octanol–water partition coefficient (Wildman–Crippen LogP) is 5.80. The van der Waals surface area contributed by atoms with E-state index in [2.05, 4.69) is 5.32 Å². The first-order valence-electron chi connectivity index (χ1n) is 14.3. The van der Waals surface area contributed by atoms with E-state index in [9.17, 15) is 18.0 Å². The highest BCUT2D eigenvalue weighted by molar-refractivity contribution is 7.92. The molecule has 0 heterocycles. The Morgan fingerprint density at radius 1 is 0.952 bits per heavy atom. The average Bonchev–Trinajstić information content (AvgIpc) is 3.00. The van der Waals surface area contributed by atoms with Crippen LogP contribution in [0.4, 0.5) is 5.69 Å². The first kappa shape index (κ1) is 31.4. The number of para-hydroxylation sites is 1. The fourth-order valence-electron chi connectivity index (χ4n) is 5.09. The molecule has 0 aromatic heterocycles. The van der Waals surface area contributed by atoms with Crippen LogP contribution in [0.25, 0.3) is 0 Å². The summed E-state index contributed by atoms with van der Waals surface area (Å²) in [5.41, 5.74) is 0.988. The summed E-state index contributed by atoms with van der Waals surface area (Å²) >= 11 is 6.45. The Bertz CT molecular complexity index is 1440. The van der Waals surface area contributed by atoms with Gasteiger partial charge in [0.05, 0.1) is 17.2 Å². The molecule has 10 heteroatoms. The van der Waals surface area contributed by atoms with E-state index in [4.69, 9.17) is 16.3 Å². The van der Waals surface area contributed by atoms with E-state index < -0.39 is 28.5 Å². The molecule has 1 aliphatic carbocycles. The molecule has 3 aromatic carbocycles. The van der Waals surface area contributed by atoms with Crippen molar-refractivity contribution in [2.75, 3.05) is 17.5 Å². The highest BCUT2D eigenvalue weighted by Crippen LogP contribution is 2.27. The lowest BCUT2D eigenvalue weighted by molar-refractivity contribution is -0.139. The highest BCUT2D eigenvalue weighted by atomic mass is 35.5. The van der Waals surface area contributed by atoms with Gasteiger partial charge in [0.2, 0.25) is 11.8 Å². The molecule has 42 heavy (non-hydrogen) atoms. The molecule has 0 bridgehead atoms. The maximum Gasteiger partial charge on any atom is 0.264 e. The van der Waals surface area contributed by atoms with Crippen LogP contribution in [-0.2, 0) is 26.2 Å². The Morgan fingerprint density at radius 2 is 1.60 bits per heavy atom. The molecular weight excluding hydrogens is 574 g/mol. The molecule has 3 aromatic rings. The summed E-state index contributed by atoms with van der Waals surface area (Å²) in [4.78, 5) is 28.9. The van der Waals surface area contributed by atoms with E-state index in [1.807, 2.05) is 13.0 Å². The first-order valence-corrected chi connectivity index (χ1v) is 16.2. The second kappa shape index (κ2) is 14.6. The molecule has 8 nitrogen and oxygen atoms in total. The Morgan fingerprint density at radius 3 is 2.24 bits per heavy atom. The van der Waals surface area contributed by atoms with Crippen molar-refractivity contribution in [1.82, 2.24) is 10.2 Å². The molecular formula is C32H38ClN3O5S. The van der Waals surface area contributed by atoms with Crippen molar-refractivity contribution in [3.8, 4) is 5.75 Å². The summed E-state index contributed by atoms with van der Waals surface area (Å²) in [5.74, 6) is -0.259. The fraction of sp³-hybridized carbons (Fsp3) is 0.375. The van der Waals surface area contributed by atoms with Gasteiger partial charge in [-0.3, -0.25) is 13.9 Å². The Kier molecular flexibility index (Phi) is 10.9. The topological polar surface area (TPSA) is 96.0 Å². The van der Waals surface area contributed by atoms with Gasteiger partial charge < -0.3 is 15.0 Å². The van der Waals surface area contributed by atoms with Gasteiger partial charge in [0, 0.05) is 17.6 Å². The number of nitrogens with zero attached hydrogens (tertiary/aromatic N) is 2. The van der Waals surface area contributed by atoms with E-state index >= 15 is 0 Å². The normalized spacial score (nSPS) is 14.5. The minimum atomic E-state index is -4.16. The summed E-state index contributed by atoms with van der Waals surface area (Å²) in [6, 6.07) is 20.9. The van der Waals surface area contributed by atoms with Crippen molar-refractivity contribution in [2.45, 2.75) is 69.5 Å². The molecule has 0 aliphatic heterocycles. The van der Waals surface area contributed by atoms with E-state index in [0.717, 1.165) is 36.4 Å². The number of hydrogen-bond donors (Lipinski definition) is 1. The number of benzene rings is 3. The molecule has 0 spiro atoms. The number of hydrogen-bond acceptors (Lipinski definition) is 5. The lowest BCUT2D eigenvalue weighted by atomic mass is 9.95. The van der Waals surface area contributed by atoms with Gasteiger partial charge in [-0.25, -0.2) is 8.42 Å². The second-order valence-electron chi connectivity index (χ2n) is 10.4. The predicted molar refractivity (Wildman–Crippen MR) is 165 cm³/mol. The molecule has 0 unspecified atom stereocenters. The number of halogens is 1. The molecule has 1 fully saturated rings. The molecule has 0 saturated heterocycles. The van der Waals surface area contributed by atoms with Crippen LogP contribution in [0.1, 0.15) is 51.5 Å². The number of sulfonamides is 1. The standard InChI is InChI=1S/C32H38ClN3O5S/c1-3-41-28-18-20-29(21-19-28)42(39,40)36(27-15-8-5-9-16-27)23-31(37)35(22-25-12-10-11-17-30(25)33)24(2)32(38)34-26-13-6-4-7-14-26/h5,8-12,15-21,24,26H,3-4,6-7,13-14,22-23H2,1-2H3,(H,34,38)/t24-/m1/s1. The van der Waals surface area contributed by atoms with Crippen molar-refractivity contribution in [3.05, 3.63) is 89.4 Å². The van der Waals surface area contributed by atoms with E-state index in [1.54, 1.807) is 67.6 Å². The molecule has 2 amide bonds. The molecule has 4 rings (SSSR count). The first-order chi connectivity index (χ1) is 20.2. The quantitative estimate of drug-likeness (QED) is 0.279. The second-order valence-corrected chi connectivity index (χ2v) is 12.7. The summed E-state index contributed by atoms with van der Waals surface area (Å²) in [5, 5.41) is 3.56. The number of anilines is 1. The monoisotopic (exact) mass is 611 g/mol. The maximum atomic E-state index is 14.1. The lowest BCUT2D eigenvalue weighted by Gasteiger charge is -2.33. The zero-order valence-corrected chi connectivity index (χ0v) is 25.6. The van der Waals surface area contributed by atoms with Gasteiger partial charge in [-0.15, -0.1) is 0 Å². The Labute approximate surface area is 253 Å². The lowest BCUT2D eigenvalue weighted by Crippen LogP contribution is -2.53. The number of carbonyl (C=O) groups excluding carboxylic acids is 2. The van der Waals surface area contributed by atoms with Crippen LogP contribution in [0.5, 0.6) is 5.75 Å². The SMILES string of the molecule is CCOc1ccc(S(=O)(=O)N(CC(=O)N(Cc2ccccc2Cl)[C@H](C)C(=O)NC2CCCCC2)c2ccccc2)cc1. The molecule has 0 radical (unpaired) electrons. The van der Waals surface area contributed by atoms with Crippen LogP contribution in [-0.4, -0.2) is 50.4 Å². The van der Waals surface area contributed by atoms with Gasteiger partial charge in [-0.2, -0.15) is 0 Å². The number of ether oxygens (including phenoxy) is 1. The fourth-order valence-corrected chi connectivity index (χ4v) is 6.70. The summed E-state index contributed by atoms with van der Waals surface area (Å²) < 4.78 is 34.5. The number of rotatable bonds is 12. The van der Waals surface area contributed by atoms with Gasteiger partial charge in [0.1, 0.15) is 18.3 Å². The average molecular weight is 612 g/mol. The third-order valence-corrected chi connectivity index (χ3v) is 9.62. The van der Waals surface area contributed by atoms with Gasteiger partial charge in [0.25, 0.3) is 10.0 Å². The van der Waals surface area contributed by atoms with E-state index in [1.165, 1.54) is 17.0 Å². The number of carbonyl (C=O) groups is 2. The van der Waals surface area contributed by atoms with Crippen molar-refractivity contribution >= 4 is 39.1 Å². The van der Waals surface area contributed by atoms with Gasteiger partial charge in [0.15, 0.2) is 0 Å². The van der Waals surface area contributed by atoms with Crippen LogP contribution in [0.2, 0.25) is 5.02 Å². The molecule has 1 atom stereocenters. The molecule has 1 N–H and O–H groups in total. The van der Waals surface area contributed by atoms with Crippen molar-refractivity contribution < 1.29 is 22.7 Å². The minimum Gasteiger partial charge on any atom is -0.494 e. The summed E-state index contributed by atoms with van der Waals surface area (Å²) in [6.45, 7) is 3.50. The zero-order chi connectivity index (χ0) is 30.1. The van der Waals surface area contributed by atoms with Gasteiger partial charge >= 0.3 is 0 Å². The van der Waals surface area contributed by atoms with Crippen molar-refractivity contribution in [3.63, 3.8) is 0 Å². The molecule has 1 aliphatic rings. The summed E-state index contributed by atoms with van der Waals surface area (Å²) in [6.07, 6.45) is 5.06. The molecule has 224 valence electrons. The van der Waals surface area contributed by atoms with Gasteiger partial charge in [-0.05, 0) is 74.7 Å². The van der Waals surface area contributed by atoms with Crippen LogP contribution in [0.15, 0.2) is 83.8 Å². The van der Waals surface area contributed by atoms with Crippen LogP contribution < -0.4 is 14.4 Å². The highest BCUT2D eigenvalue weighted by Gasteiger charge is 2.33. The van der Waals surface area contributed by atoms with Crippen LogP contribution in [0.3, 0.4) is 0 Å². The number of amides is 2. The maximum absolute atomic E-state index is 14.1. The Hall–Kier alpha value is -3.56. The minimum absolute atomic E-state index is 0.0170. The van der Waals surface area contributed by atoms with Crippen LogP contribution >= 0.6 is 11.6 Å². The van der Waals surface area contributed by atoms with Crippen molar-refractivity contribution in [1.29, 1.82) is 0 Å². The van der Waals surface area contributed by atoms with Crippen molar-refractivity contribution in [2.24, 2.45) is 0 Å². The third-order valence-electron chi connectivity index (χ3n) is 7.46. The van der Waals surface area contributed by atoms with Crippen LogP contribution in [0, 0.1) is 0 Å². The zero-order valence-electron chi connectivity index (χ0n) is 24.0. The van der Waals surface area contributed by atoms with E-state index in [0.29, 0.717) is 28.6 Å². The largest absolute Gasteiger partial charge is 0.494 e. The molecule has 1 saturated carbocycles. The number of nitrogens with one attached hydrogen (secondary N) is 1.